The first kappa shape index (κ1) is 17.0. The third-order valence-corrected chi connectivity index (χ3v) is 2.68. The normalized spacial score (nSPS) is 12.0. The first-order valence-corrected chi connectivity index (χ1v) is 6.10. The van der Waals surface area contributed by atoms with Gasteiger partial charge in [-0.1, -0.05) is 26.0 Å². The van der Waals surface area contributed by atoms with Crippen LogP contribution in [0.15, 0.2) is 24.3 Å². The standard InChI is InChI=1S/C14H15F3O4/c1-13(2,8-12(19)20)7-10(18)9-5-3-4-6-11(9)21-14(15,16)17/h3-6H,7-8H2,1-2H3,(H,19,20). The number of carboxylic acid groups (broad SMARTS) is 1. The van der Waals surface area contributed by atoms with Crippen LogP contribution in [0.1, 0.15) is 37.0 Å². The zero-order valence-electron chi connectivity index (χ0n) is 11.5. The Kier molecular flexibility index (Phi) is 4.98. The van der Waals surface area contributed by atoms with Crippen molar-refractivity contribution in [3.8, 4) is 5.75 Å². The summed E-state index contributed by atoms with van der Waals surface area (Å²) in [5.74, 6) is -2.25. The van der Waals surface area contributed by atoms with Crippen molar-refractivity contribution in [2.45, 2.75) is 33.1 Å². The molecule has 0 spiro atoms. The minimum atomic E-state index is -4.90. The van der Waals surface area contributed by atoms with E-state index >= 15 is 0 Å². The number of alkyl halides is 3. The number of carbonyl (C=O) groups excluding carboxylic acids is 1. The molecule has 1 aromatic carbocycles. The SMILES string of the molecule is CC(C)(CC(=O)O)CC(=O)c1ccccc1OC(F)(F)F. The monoisotopic (exact) mass is 304 g/mol. The van der Waals surface area contributed by atoms with Crippen LogP contribution in [-0.4, -0.2) is 23.2 Å². The molecule has 0 fully saturated rings. The lowest BCUT2D eigenvalue weighted by Crippen LogP contribution is -2.23. The predicted octanol–water partition coefficient (Wildman–Crippen LogP) is 3.66. The first-order chi connectivity index (χ1) is 9.50. The summed E-state index contributed by atoms with van der Waals surface area (Å²) in [6, 6.07) is 5.01. The molecule has 0 aromatic heterocycles. The summed E-state index contributed by atoms with van der Waals surface area (Å²) >= 11 is 0. The highest BCUT2D eigenvalue weighted by Crippen LogP contribution is 2.31. The molecule has 0 bridgehead atoms. The maximum Gasteiger partial charge on any atom is 0.573 e. The van der Waals surface area contributed by atoms with Gasteiger partial charge in [-0.2, -0.15) is 0 Å². The Morgan fingerprint density at radius 1 is 1.14 bits per heavy atom. The fraction of sp³-hybridized carbons (Fsp3) is 0.429. The Hall–Kier alpha value is -2.05. The van der Waals surface area contributed by atoms with Gasteiger partial charge in [-0.25, -0.2) is 0 Å². The zero-order chi connectivity index (χ0) is 16.3. The molecule has 1 rings (SSSR count). The van der Waals surface area contributed by atoms with Crippen molar-refractivity contribution in [2.24, 2.45) is 5.41 Å². The molecule has 0 saturated carbocycles. The average molecular weight is 304 g/mol. The van der Waals surface area contributed by atoms with Crippen molar-refractivity contribution < 1.29 is 32.6 Å². The number of ketones is 1. The third-order valence-electron chi connectivity index (χ3n) is 2.68. The number of Topliss-reactive ketones (excluding diaryl/α,β-unsaturated/α-hetero) is 1. The van der Waals surface area contributed by atoms with Gasteiger partial charge in [0.2, 0.25) is 0 Å². The van der Waals surface area contributed by atoms with Gasteiger partial charge >= 0.3 is 12.3 Å². The molecule has 0 heterocycles. The average Bonchev–Trinajstić information content (AvgIpc) is 2.24. The lowest BCUT2D eigenvalue weighted by Gasteiger charge is -2.22. The number of rotatable bonds is 6. The molecule has 0 unspecified atom stereocenters. The largest absolute Gasteiger partial charge is 0.573 e. The van der Waals surface area contributed by atoms with Gasteiger partial charge in [0.15, 0.2) is 5.78 Å². The fourth-order valence-electron chi connectivity index (χ4n) is 1.91. The minimum absolute atomic E-state index is 0.197. The van der Waals surface area contributed by atoms with Gasteiger partial charge in [0.05, 0.1) is 12.0 Å². The predicted molar refractivity (Wildman–Crippen MR) is 68.1 cm³/mol. The molecule has 4 nitrogen and oxygen atoms in total. The molecular weight excluding hydrogens is 289 g/mol. The second kappa shape index (κ2) is 6.15. The molecule has 0 aliphatic heterocycles. The maximum atomic E-state index is 12.3. The summed E-state index contributed by atoms with van der Waals surface area (Å²) in [6.45, 7) is 3.12. The molecule has 0 radical (unpaired) electrons. The van der Waals surface area contributed by atoms with E-state index in [0.29, 0.717) is 0 Å². The van der Waals surface area contributed by atoms with Gasteiger partial charge in [0.25, 0.3) is 0 Å². The number of hydrogen-bond donors (Lipinski definition) is 1. The van der Waals surface area contributed by atoms with Crippen molar-refractivity contribution in [1.82, 2.24) is 0 Å². The summed E-state index contributed by atoms with van der Waals surface area (Å²) in [5, 5.41) is 8.76. The quantitative estimate of drug-likeness (QED) is 0.815. The molecule has 7 heteroatoms. The van der Waals surface area contributed by atoms with Crippen molar-refractivity contribution >= 4 is 11.8 Å². The summed E-state index contributed by atoms with van der Waals surface area (Å²) in [6.07, 6.45) is -5.36. The van der Waals surface area contributed by atoms with Crippen LogP contribution in [0.2, 0.25) is 0 Å². The summed E-state index contributed by atoms with van der Waals surface area (Å²) in [5.41, 5.74) is -1.08. The fourth-order valence-corrected chi connectivity index (χ4v) is 1.91. The molecule has 0 aliphatic carbocycles. The van der Waals surface area contributed by atoms with Crippen LogP contribution in [0.25, 0.3) is 0 Å². The number of hydrogen-bond acceptors (Lipinski definition) is 3. The van der Waals surface area contributed by atoms with Gasteiger partial charge in [0.1, 0.15) is 5.75 Å². The van der Waals surface area contributed by atoms with Crippen LogP contribution in [0.3, 0.4) is 0 Å². The second-order valence-electron chi connectivity index (χ2n) is 5.38. The van der Waals surface area contributed by atoms with Gasteiger partial charge < -0.3 is 9.84 Å². The lowest BCUT2D eigenvalue weighted by atomic mass is 9.82. The van der Waals surface area contributed by atoms with E-state index in [4.69, 9.17) is 5.11 Å². The number of para-hydroxylation sites is 1. The van der Waals surface area contributed by atoms with E-state index < -0.39 is 29.3 Å². The van der Waals surface area contributed by atoms with Gasteiger partial charge in [-0.15, -0.1) is 13.2 Å². The maximum absolute atomic E-state index is 12.3. The summed E-state index contributed by atoms with van der Waals surface area (Å²) < 4.78 is 40.7. The van der Waals surface area contributed by atoms with Crippen molar-refractivity contribution in [3.05, 3.63) is 29.8 Å². The number of aliphatic carboxylic acids is 1. The zero-order valence-corrected chi connectivity index (χ0v) is 11.5. The number of carboxylic acids is 1. The minimum Gasteiger partial charge on any atom is -0.481 e. The van der Waals surface area contributed by atoms with Gasteiger partial charge in [-0.3, -0.25) is 9.59 Å². The molecule has 0 amide bonds. The Balaban J connectivity index is 2.95. The topological polar surface area (TPSA) is 63.6 Å². The Bertz CT molecular complexity index is 535. The van der Waals surface area contributed by atoms with Crippen LogP contribution in [0, 0.1) is 5.41 Å². The Morgan fingerprint density at radius 2 is 1.71 bits per heavy atom. The molecule has 21 heavy (non-hydrogen) atoms. The number of ether oxygens (including phenoxy) is 1. The third kappa shape index (κ3) is 5.85. The van der Waals surface area contributed by atoms with E-state index in [2.05, 4.69) is 4.74 Å². The number of benzene rings is 1. The van der Waals surface area contributed by atoms with Crippen molar-refractivity contribution in [1.29, 1.82) is 0 Å². The van der Waals surface area contributed by atoms with E-state index in [9.17, 15) is 22.8 Å². The smallest absolute Gasteiger partial charge is 0.481 e. The summed E-state index contributed by atoms with van der Waals surface area (Å²) in [4.78, 5) is 22.8. The highest BCUT2D eigenvalue weighted by Gasteiger charge is 2.33. The second-order valence-corrected chi connectivity index (χ2v) is 5.38. The van der Waals surface area contributed by atoms with E-state index in [-0.39, 0.29) is 18.4 Å². The lowest BCUT2D eigenvalue weighted by molar-refractivity contribution is -0.274. The van der Waals surface area contributed by atoms with Crippen LogP contribution < -0.4 is 4.74 Å². The van der Waals surface area contributed by atoms with Gasteiger partial charge in [-0.05, 0) is 17.5 Å². The highest BCUT2D eigenvalue weighted by atomic mass is 19.4. The van der Waals surface area contributed by atoms with Crippen LogP contribution >= 0.6 is 0 Å². The van der Waals surface area contributed by atoms with Crippen molar-refractivity contribution in [2.75, 3.05) is 0 Å². The van der Waals surface area contributed by atoms with Crippen LogP contribution in [0.4, 0.5) is 13.2 Å². The first-order valence-electron chi connectivity index (χ1n) is 6.10. The van der Waals surface area contributed by atoms with E-state index in [1.807, 2.05) is 0 Å². The molecule has 116 valence electrons. The van der Waals surface area contributed by atoms with E-state index in [0.717, 1.165) is 6.07 Å². The van der Waals surface area contributed by atoms with Crippen LogP contribution in [-0.2, 0) is 4.79 Å². The van der Waals surface area contributed by atoms with E-state index in [1.54, 1.807) is 13.8 Å². The van der Waals surface area contributed by atoms with E-state index in [1.165, 1.54) is 18.2 Å². The molecular formula is C14H15F3O4. The van der Waals surface area contributed by atoms with Gasteiger partial charge in [0, 0.05) is 6.42 Å². The number of carbonyl (C=O) groups is 2. The molecule has 0 atom stereocenters. The molecule has 0 saturated heterocycles. The van der Waals surface area contributed by atoms with Crippen molar-refractivity contribution in [3.63, 3.8) is 0 Å². The highest BCUT2D eigenvalue weighted by molar-refractivity contribution is 5.99. The molecule has 1 aromatic rings. The summed E-state index contributed by atoms with van der Waals surface area (Å²) in [7, 11) is 0. The number of halogens is 3. The molecule has 1 N–H and O–H groups in total. The van der Waals surface area contributed by atoms with Crippen LogP contribution in [0.5, 0.6) is 5.75 Å². The Labute approximate surface area is 119 Å². The molecule has 0 aliphatic rings. The Morgan fingerprint density at radius 3 is 2.24 bits per heavy atom.